The Bertz CT molecular complexity index is 809. The summed E-state index contributed by atoms with van der Waals surface area (Å²) < 4.78 is 13.9. The fourth-order valence-electron chi connectivity index (χ4n) is 2.18. The van der Waals surface area contributed by atoms with Crippen LogP contribution in [0, 0.1) is 12.7 Å². The number of carbonyl (C=O) groups excluding carboxylic acids is 1. The lowest BCUT2D eigenvalue weighted by atomic mass is 10.2. The van der Waals surface area contributed by atoms with Gasteiger partial charge < -0.3 is 5.32 Å². The number of fused-ring (bicyclic) bond motifs is 1. The molecule has 0 aliphatic rings. The molecule has 114 valence electrons. The number of halogens is 1. The summed E-state index contributed by atoms with van der Waals surface area (Å²) in [4.78, 5) is 18.8. The lowest BCUT2D eigenvalue weighted by Gasteiger charge is -2.00. The van der Waals surface area contributed by atoms with E-state index in [9.17, 15) is 9.18 Å². The van der Waals surface area contributed by atoms with Crippen molar-refractivity contribution < 1.29 is 9.18 Å². The molecule has 0 spiro atoms. The number of rotatable bonds is 5. The average molecular weight is 334 g/mol. The molecule has 0 unspecified atom stereocenters. The van der Waals surface area contributed by atoms with Gasteiger partial charge in [0, 0.05) is 16.2 Å². The van der Waals surface area contributed by atoms with Gasteiger partial charge in [-0.25, -0.2) is 9.37 Å². The third-order valence-corrected chi connectivity index (χ3v) is 5.21. The van der Waals surface area contributed by atoms with E-state index in [2.05, 4.69) is 29.4 Å². The third kappa shape index (κ3) is 3.69. The van der Waals surface area contributed by atoms with Crippen LogP contribution in [0.25, 0.3) is 10.2 Å². The molecule has 0 bridgehead atoms. The summed E-state index contributed by atoms with van der Waals surface area (Å²) in [6, 6.07) is 8.63. The minimum Gasteiger partial charge on any atom is -0.302 e. The van der Waals surface area contributed by atoms with E-state index in [1.807, 2.05) is 0 Å². The number of thiophene rings is 1. The highest BCUT2D eigenvalue weighted by Gasteiger charge is 2.08. The van der Waals surface area contributed by atoms with Crippen LogP contribution in [0.15, 0.2) is 30.3 Å². The second-order valence-electron chi connectivity index (χ2n) is 5.05. The number of carbonyl (C=O) groups is 1. The van der Waals surface area contributed by atoms with Crippen molar-refractivity contribution in [3.8, 4) is 0 Å². The molecule has 0 aliphatic heterocycles. The zero-order valence-corrected chi connectivity index (χ0v) is 13.7. The van der Waals surface area contributed by atoms with Crippen LogP contribution in [0.2, 0.25) is 0 Å². The molecule has 1 amide bonds. The van der Waals surface area contributed by atoms with Gasteiger partial charge in [-0.1, -0.05) is 11.3 Å². The summed E-state index contributed by atoms with van der Waals surface area (Å²) in [5.41, 5.74) is 0.704. The molecule has 22 heavy (non-hydrogen) atoms. The largest absolute Gasteiger partial charge is 0.302 e. The number of aryl methyl sites for hydroxylation is 2. The van der Waals surface area contributed by atoms with E-state index in [-0.39, 0.29) is 11.7 Å². The number of hydrogen-bond donors (Lipinski definition) is 1. The molecule has 2 aromatic heterocycles. The Morgan fingerprint density at radius 1 is 1.27 bits per heavy atom. The summed E-state index contributed by atoms with van der Waals surface area (Å²) in [6.45, 7) is 2.08. The van der Waals surface area contributed by atoms with Crippen LogP contribution in [-0.2, 0) is 11.2 Å². The van der Waals surface area contributed by atoms with Crippen LogP contribution in [0.3, 0.4) is 0 Å². The van der Waals surface area contributed by atoms with Crippen LogP contribution in [-0.4, -0.2) is 10.9 Å². The fraction of sp³-hybridized carbons (Fsp3) is 0.250. The average Bonchev–Trinajstić information content (AvgIpc) is 3.04. The summed E-state index contributed by atoms with van der Waals surface area (Å²) in [5.74, 6) is -0.340. The second kappa shape index (κ2) is 6.54. The molecule has 0 saturated heterocycles. The van der Waals surface area contributed by atoms with E-state index in [4.69, 9.17) is 0 Å². The molecule has 0 fully saturated rings. The van der Waals surface area contributed by atoms with Gasteiger partial charge in [-0.3, -0.25) is 4.79 Å². The van der Waals surface area contributed by atoms with E-state index in [0.29, 0.717) is 17.1 Å². The third-order valence-electron chi connectivity index (χ3n) is 3.22. The topological polar surface area (TPSA) is 42.0 Å². The number of benzene rings is 1. The molecule has 3 nitrogen and oxygen atoms in total. The van der Waals surface area contributed by atoms with Gasteiger partial charge in [-0.15, -0.1) is 11.3 Å². The number of hydrogen-bond acceptors (Lipinski definition) is 4. The van der Waals surface area contributed by atoms with E-state index < -0.39 is 0 Å². The Balaban J connectivity index is 1.54. The molecule has 0 atom stereocenters. The Morgan fingerprint density at radius 2 is 2.14 bits per heavy atom. The van der Waals surface area contributed by atoms with Crippen LogP contribution in [0.4, 0.5) is 9.52 Å². The minimum absolute atomic E-state index is 0.0483. The van der Waals surface area contributed by atoms with Crippen molar-refractivity contribution in [3.05, 3.63) is 45.9 Å². The standard InChI is InChI=1S/C16H15FN2OS2/c1-10-5-7-12(21-10)3-2-4-15(20)19-16-18-13-8-6-11(17)9-14(13)22-16/h5-9H,2-4H2,1H3,(H,18,19,20). The zero-order chi connectivity index (χ0) is 15.5. The Morgan fingerprint density at radius 3 is 2.91 bits per heavy atom. The Kier molecular flexibility index (Phi) is 4.49. The molecule has 0 aliphatic carbocycles. The maximum absolute atomic E-state index is 13.1. The van der Waals surface area contributed by atoms with Crippen molar-refractivity contribution in [1.82, 2.24) is 4.98 Å². The summed E-state index contributed by atoms with van der Waals surface area (Å²) in [7, 11) is 0. The Hall–Kier alpha value is -1.79. The highest BCUT2D eigenvalue weighted by atomic mass is 32.1. The number of aromatic nitrogens is 1. The summed E-state index contributed by atoms with van der Waals surface area (Å²) in [6.07, 6.45) is 2.18. The van der Waals surface area contributed by atoms with Gasteiger partial charge in [0.15, 0.2) is 5.13 Å². The predicted octanol–water partition coefficient (Wildman–Crippen LogP) is 4.77. The second-order valence-corrected chi connectivity index (χ2v) is 7.45. The van der Waals surface area contributed by atoms with Crippen molar-refractivity contribution in [2.24, 2.45) is 0 Å². The lowest BCUT2D eigenvalue weighted by Crippen LogP contribution is -2.11. The molecular weight excluding hydrogens is 319 g/mol. The van der Waals surface area contributed by atoms with E-state index in [0.717, 1.165) is 17.5 Å². The van der Waals surface area contributed by atoms with Gasteiger partial charge in [0.1, 0.15) is 5.82 Å². The number of amides is 1. The van der Waals surface area contributed by atoms with E-state index in [1.54, 1.807) is 17.4 Å². The SMILES string of the molecule is Cc1ccc(CCCC(=O)Nc2nc3ccc(F)cc3s2)s1. The molecule has 6 heteroatoms. The first kappa shape index (κ1) is 15.1. The summed E-state index contributed by atoms with van der Waals surface area (Å²) in [5, 5.41) is 3.32. The van der Waals surface area contributed by atoms with Crippen LogP contribution >= 0.6 is 22.7 Å². The number of thiazole rings is 1. The van der Waals surface area contributed by atoms with Gasteiger partial charge >= 0.3 is 0 Å². The van der Waals surface area contributed by atoms with Crippen molar-refractivity contribution in [2.45, 2.75) is 26.2 Å². The van der Waals surface area contributed by atoms with E-state index in [1.165, 1.54) is 33.2 Å². The van der Waals surface area contributed by atoms with Crippen molar-refractivity contribution >= 4 is 43.9 Å². The highest BCUT2D eigenvalue weighted by molar-refractivity contribution is 7.22. The first-order chi connectivity index (χ1) is 10.6. The number of nitrogens with zero attached hydrogens (tertiary/aromatic N) is 1. The molecule has 0 radical (unpaired) electrons. The first-order valence-corrected chi connectivity index (χ1v) is 8.65. The monoisotopic (exact) mass is 334 g/mol. The maximum Gasteiger partial charge on any atom is 0.226 e. The molecule has 1 aromatic carbocycles. The molecule has 3 rings (SSSR count). The quantitative estimate of drug-likeness (QED) is 0.730. The first-order valence-electron chi connectivity index (χ1n) is 7.01. The number of anilines is 1. The highest BCUT2D eigenvalue weighted by Crippen LogP contribution is 2.26. The van der Waals surface area contributed by atoms with Crippen LogP contribution < -0.4 is 5.32 Å². The predicted molar refractivity (Wildman–Crippen MR) is 90.2 cm³/mol. The van der Waals surface area contributed by atoms with Crippen molar-refractivity contribution in [3.63, 3.8) is 0 Å². The van der Waals surface area contributed by atoms with E-state index >= 15 is 0 Å². The maximum atomic E-state index is 13.1. The fourth-order valence-corrected chi connectivity index (χ4v) is 4.02. The minimum atomic E-state index is -0.291. The molecular formula is C16H15FN2OS2. The molecule has 3 aromatic rings. The van der Waals surface area contributed by atoms with Crippen LogP contribution in [0.1, 0.15) is 22.6 Å². The smallest absolute Gasteiger partial charge is 0.226 e. The van der Waals surface area contributed by atoms with Gasteiger partial charge in [0.25, 0.3) is 0 Å². The van der Waals surface area contributed by atoms with Crippen molar-refractivity contribution in [1.29, 1.82) is 0 Å². The van der Waals surface area contributed by atoms with Gasteiger partial charge in [-0.05, 0) is 50.1 Å². The molecule has 2 heterocycles. The Labute approximate surface area is 135 Å². The molecule has 0 saturated carbocycles. The molecule has 1 N–H and O–H groups in total. The normalized spacial score (nSPS) is 11.0. The van der Waals surface area contributed by atoms with Gasteiger partial charge in [0.05, 0.1) is 10.2 Å². The number of nitrogens with one attached hydrogen (secondary N) is 1. The lowest BCUT2D eigenvalue weighted by molar-refractivity contribution is -0.116. The summed E-state index contributed by atoms with van der Waals surface area (Å²) >= 11 is 3.06. The van der Waals surface area contributed by atoms with Gasteiger partial charge in [-0.2, -0.15) is 0 Å². The van der Waals surface area contributed by atoms with Crippen molar-refractivity contribution in [2.75, 3.05) is 5.32 Å². The van der Waals surface area contributed by atoms with Gasteiger partial charge in [0.2, 0.25) is 5.91 Å². The zero-order valence-electron chi connectivity index (χ0n) is 12.1. The van der Waals surface area contributed by atoms with Crippen LogP contribution in [0.5, 0.6) is 0 Å².